The second kappa shape index (κ2) is 7.66. The van der Waals surface area contributed by atoms with Crippen molar-refractivity contribution in [2.45, 2.75) is 63.3 Å². The highest BCUT2D eigenvalue weighted by Gasteiger charge is 2.26. The minimum atomic E-state index is 0.0557. The summed E-state index contributed by atoms with van der Waals surface area (Å²) in [7, 11) is 0. The maximum absolute atomic E-state index is 9.45. The third-order valence-corrected chi connectivity index (χ3v) is 5.51. The molecule has 136 valence electrons. The molecule has 2 aromatic rings. The lowest BCUT2D eigenvalue weighted by Gasteiger charge is -2.21. The topological polar surface area (TPSA) is 88.8 Å². The molecule has 3 heterocycles. The van der Waals surface area contributed by atoms with Gasteiger partial charge in [0.25, 0.3) is 0 Å². The van der Waals surface area contributed by atoms with Gasteiger partial charge >= 0.3 is 0 Å². The summed E-state index contributed by atoms with van der Waals surface area (Å²) >= 11 is 0. The van der Waals surface area contributed by atoms with E-state index >= 15 is 0 Å². The van der Waals surface area contributed by atoms with E-state index < -0.39 is 0 Å². The van der Waals surface area contributed by atoms with Crippen LogP contribution in [0.4, 0.5) is 0 Å². The highest BCUT2D eigenvalue weighted by atomic mass is 16.5. The average molecular weight is 345 g/mol. The number of hydrogen-bond acceptors (Lipinski definition) is 5. The maximum Gasteiger partial charge on any atom is 0.161 e. The van der Waals surface area contributed by atoms with Crippen LogP contribution in [-0.2, 0) is 11.3 Å². The maximum atomic E-state index is 9.45. The predicted octanol–water partition coefficient (Wildman–Crippen LogP) is 2.60. The fraction of sp³-hybridized carbons (Fsp3) is 0.722. The van der Waals surface area contributed by atoms with E-state index in [-0.39, 0.29) is 6.61 Å². The molecule has 7 heteroatoms. The van der Waals surface area contributed by atoms with Crippen molar-refractivity contribution < 1.29 is 9.84 Å². The van der Waals surface area contributed by atoms with E-state index in [2.05, 4.69) is 10.2 Å². The van der Waals surface area contributed by atoms with Gasteiger partial charge in [0.15, 0.2) is 11.6 Å². The molecule has 4 rings (SSSR count). The fourth-order valence-electron chi connectivity index (χ4n) is 4.12. The van der Waals surface area contributed by atoms with E-state index in [0.717, 1.165) is 43.3 Å². The zero-order chi connectivity index (χ0) is 17.1. The van der Waals surface area contributed by atoms with E-state index in [0.29, 0.717) is 18.4 Å². The van der Waals surface area contributed by atoms with Crippen molar-refractivity contribution in [3.8, 4) is 11.4 Å². The second-order valence-electron chi connectivity index (χ2n) is 7.16. The van der Waals surface area contributed by atoms with Crippen LogP contribution in [0.2, 0.25) is 0 Å². The van der Waals surface area contributed by atoms with Gasteiger partial charge < -0.3 is 9.84 Å². The van der Waals surface area contributed by atoms with Crippen molar-refractivity contribution in [3.63, 3.8) is 0 Å². The molecule has 0 radical (unpaired) electrons. The predicted molar refractivity (Wildman–Crippen MR) is 93.3 cm³/mol. The summed E-state index contributed by atoms with van der Waals surface area (Å²) in [4.78, 5) is 4.88. The Bertz CT molecular complexity index is 683. The molecule has 2 N–H and O–H groups in total. The summed E-state index contributed by atoms with van der Waals surface area (Å²) in [6.07, 6.45) is 10.1. The molecule has 0 spiro atoms. The molecular formula is C18H27N5O2. The number of hydrogen-bond donors (Lipinski definition) is 2. The van der Waals surface area contributed by atoms with Gasteiger partial charge in [-0.25, -0.2) is 9.67 Å². The molecule has 1 aliphatic heterocycles. The molecule has 25 heavy (non-hydrogen) atoms. The van der Waals surface area contributed by atoms with Crippen LogP contribution < -0.4 is 0 Å². The summed E-state index contributed by atoms with van der Waals surface area (Å²) in [5, 5.41) is 21.7. The van der Waals surface area contributed by atoms with Gasteiger partial charge in [0.1, 0.15) is 0 Å². The van der Waals surface area contributed by atoms with Crippen molar-refractivity contribution in [1.29, 1.82) is 0 Å². The van der Waals surface area contributed by atoms with Gasteiger partial charge in [-0.05, 0) is 25.7 Å². The molecule has 0 bridgehead atoms. The van der Waals surface area contributed by atoms with Crippen LogP contribution >= 0.6 is 0 Å². The SMILES string of the molecule is OCCn1nc(C2CCOCC2)nc1-c1cn[nH]c1C1CCCCC1. The molecule has 2 aromatic heterocycles. The van der Waals surface area contributed by atoms with Gasteiger partial charge in [-0.2, -0.15) is 10.2 Å². The van der Waals surface area contributed by atoms with E-state index in [1.165, 1.54) is 37.8 Å². The molecule has 0 aromatic carbocycles. The van der Waals surface area contributed by atoms with Crippen LogP contribution in [0, 0.1) is 0 Å². The monoisotopic (exact) mass is 345 g/mol. The van der Waals surface area contributed by atoms with Crippen molar-refractivity contribution in [3.05, 3.63) is 17.7 Å². The number of nitrogens with one attached hydrogen (secondary N) is 1. The molecule has 7 nitrogen and oxygen atoms in total. The minimum Gasteiger partial charge on any atom is -0.394 e. The third kappa shape index (κ3) is 3.48. The summed E-state index contributed by atoms with van der Waals surface area (Å²) < 4.78 is 7.31. The Balaban J connectivity index is 1.67. The van der Waals surface area contributed by atoms with Crippen LogP contribution in [0.3, 0.4) is 0 Å². The number of aromatic nitrogens is 5. The second-order valence-corrected chi connectivity index (χ2v) is 7.16. The zero-order valence-corrected chi connectivity index (χ0v) is 14.7. The van der Waals surface area contributed by atoms with Crippen LogP contribution in [0.15, 0.2) is 6.20 Å². The first-order valence-corrected chi connectivity index (χ1v) is 9.54. The quantitative estimate of drug-likeness (QED) is 0.869. The number of aromatic amines is 1. The first kappa shape index (κ1) is 16.7. The lowest BCUT2D eigenvalue weighted by atomic mass is 9.85. The van der Waals surface area contributed by atoms with Gasteiger partial charge in [0, 0.05) is 30.7 Å². The highest BCUT2D eigenvalue weighted by molar-refractivity contribution is 5.58. The van der Waals surface area contributed by atoms with Gasteiger partial charge in [0.05, 0.1) is 24.9 Å². The number of nitrogens with zero attached hydrogens (tertiary/aromatic N) is 4. The van der Waals surface area contributed by atoms with Crippen LogP contribution in [0.5, 0.6) is 0 Å². The molecule has 0 unspecified atom stereocenters. The highest BCUT2D eigenvalue weighted by Crippen LogP contribution is 2.37. The van der Waals surface area contributed by atoms with Gasteiger partial charge in [-0.1, -0.05) is 19.3 Å². The van der Waals surface area contributed by atoms with Crippen LogP contribution in [-0.4, -0.2) is 49.9 Å². The lowest BCUT2D eigenvalue weighted by molar-refractivity contribution is 0.0835. The zero-order valence-electron chi connectivity index (χ0n) is 14.7. The molecular weight excluding hydrogens is 318 g/mol. The largest absolute Gasteiger partial charge is 0.394 e. The number of H-pyrrole nitrogens is 1. The Hall–Kier alpha value is -1.73. The van der Waals surface area contributed by atoms with Gasteiger partial charge in [0.2, 0.25) is 0 Å². The molecule has 1 aliphatic carbocycles. The number of aliphatic hydroxyl groups excluding tert-OH is 1. The number of ether oxygens (including phenoxy) is 1. The average Bonchev–Trinajstić information content (AvgIpc) is 3.30. The Morgan fingerprint density at radius 1 is 1.12 bits per heavy atom. The summed E-state index contributed by atoms with van der Waals surface area (Å²) in [6, 6.07) is 0. The van der Waals surface area contributed by atoms with E-state index in [4.69, 9.17) is 14.8 Å². The Kier molecular flexibility index (Phi) is 5.12. The lowest BCUT2D eigenvalue weighted by Crippen LogP contribution is -2.15. The number of aliphatic hydroxyl groups is 1. The Morgan fingerprint density at radius 2 is 1.92 bits per heavy atom. The Morgan fingerprint density at radius 3 is 2.68 bits per heavy atom. The van der Waals surface area contributed by atoms with Crippen molar-refractivity contribution in [2.75, 3.05) is 19.8 Å². The standard InChI is InChI=1S/C18H27N5O2/c24-9-8-23-18(20-17(22-23)14-6-10-25-11-7-14)15-12-19-21-16(15)13-4-2-1-3-5-13/h12-14,24H,1-11H2,(H,19,21). The Labute approximate surface area is 147 Å². The normalized spacial score (nSPS) is 20.2. The summed E-state index contributed by atoms with van der Waals surface area (Å²) in [5.74, 6) is 2.59. The van der Waals surface area contributed by atoms with E-state index in [1.54, 1.807) is 0 Å². The van der Waals surface area contributed by atoms with Crippen molar-refractivity contribution >= 4 is 0 Å². The molecule has 0 atom stereocenters. The van der Waals surface area contributed by atoms with E-state index in [9.17, 15) is 5.11 Å². The van der Waals surface area contributed by atoms with Crippen LogP contribution in [0.1, 0.15) is 68.3 Å². The molecule has 1 saturated carbocycles. The number of rotatable bonds is 5. The smallest absolute Gasteiger partial charge is 0.161 e. The molecule has 2 aliphatic rings. The van der Waals surface area contributed by atoms with Crippen molar-refractivity contribution in [2.24, 2.45) is 0 Å². The molecule has 2 fully saturated rings. The first-order chi connectivity index (χ1) is 12.4. The molecule has 0 amide bonds. The van der Waals surface area contributed by atoms with E-state index in [1.807, 2.05) is 10.9 Å². The molecule has 1 saturated heterocycles. The van der Waals surface area contributed by atoms with Gasteiger partial charge in [-0.15, -0.1) is 0 Å². The van der Waals surface area contributed by atoms with Crippen molar-refractivity contribution in [1.82, 2.24) is 25.0 Å². The van der Waals surface area contributed by atoms with Gasteiger partial charge in [-0.3, -0.25) is 5.10 Å². The first-order valence-electron chi connectivity index (χ1n) is 9.54. The fourth-order valence-corrected chi connectivity index (χ4v) is 4.12. The minimum absolute atomic E-state index is 0.0557. The van der Waals surface area contributed by atoms with Crippen LogP contribution in [0.25, 0.3) is 11.4 Å². The summed E-state index contributed by atoms with van der Waals surface area (Å²) in [5.41, 5.74) is 2.23. The summed E-state index contributed by atoms with van der Waals surface area (Å²) in [6.45, 7) is 2.06. The third-order valence-electron chi connectivity index (χ3n) is 5.51.